The summed E-state index contributed by atoms with van der Waals surface area (Å²) in [4.78, 5) is 31.1. The summed E-state index contributed by atoms with van der Waals surface area (Å²) in [6.45, 7) is 2.20. The molecule has 1 unspecified atom stereocenters. The van der Waals surface area contributed by atoms with Gasteiger partial charge in [0.15, 0.2) is 5.78 Å². The van der Waals surface area contributed by atoms with E-state index in [0.29, 0.717) is 29.9 Å². The van der Waals surface area contributed by atoms with Crippen LogP contribution in [0.25, 0.3) is 0 Å². The van der Waals surface area contributed by atoms with Crippen molar-refractivity contribution in [2.75, 3.05) is 33.7 Å². The highest BCUT2D eigenvalue weighted by Gasteiger charge is 2.22. The zero-order chi connectivity index (χ0) is 22.9. The number of hydrogen-bond donors (Lipinski definition) is 3. The number of nitrogens with one attached hydrogen (secondary N) is 1. The van der Waals surface area contributed by atoms with E-state index in [9.17, 15) is 9.36 Å². The second-order valence-corrected chi connectivity index (χ2v) is 8.69. The van der Waals surface area contributed by atoms with Gasteiger partial charge in [0.25, 0.3) is 0 Å². The molecule has 2 aromatic carbocycles. The molecule has 0 heterocycles. The molecule has 3 N–H and O–H groups in total. The fourth-order valence-electron chi connectivity index (χ4n) is 3.20. The van der Waals surface area contributed by atoms with Crippen LogP contribution >= 0.6 is 7.60 Å². The molecule has 1 atom stereocenters. The largest absolute Gasteiger partial charge is 0.496 e. The van der Waals surface area contributed by atoms with Gasteiger partial charge in [-0.25, -0.2) is 0 Å². The Hall–Kier alpha value is -2.22. The molecule has 0 aromatic heterocycles. The maximum atomic E-state index is 13.3. The van der Waals surface area contributed by atoms with E-state index in [-0.39, 0.29) is 18.9 Å². The Bertz CT molecular complexity index is 873. The Labute approximate surface area is 182 Å². The smallest absolute Gasteiger partial charge is 0.350 e. The molecular formula is C22H30NO7P. The van der Waals surface area contributed by atoms with E-state index in [1.807, 2.05) is 37.3 Å². The number of carbonyl (C=O) groups excluding carboxylic acids is 1. The first kappa shape index (κ1) is 25.0. The molecule has 0 amide bonds. The fraction of sp³-hybridized carbons (Fsp3) is 0.409. The third-order valence-corrected chi connectivity index (χ3v) is 5.33. The van der Waals surface area contributed by atoms with Gasteiger partial charge in [-0.3, -0.25) is 9.36 Å². The number of aryl methyl sites for hydroxylation is 1. The first-order valence-electron chi connectivity index (χ1n) is 9.91. The van der Waals surface area contributed by atoms with Crippen LogP contribution < -0.4 is 14.8 Å². The number of ether oxygens (including phenoxy) is 3. The van der Waals surface area contributed by atoms with Crippen molar-refractivity contribution in [2.45, 2.75) is 25.8 Å². The highest BCUT2D eigenvalue weighted by molar-refractivity contribution is 7.51. The van der Waals surface area contributed by atoms with Gasteiger partial charge in [0.1, 0.15) is 17.8 Å². The molecule has 0 aliphatic heterocycles. The third kappa shape index (κ3) is 8.09. The molecule has 0 radical (unpaired) electrons. The molecule has 0 saturated heterocycles. The van der Waals surface area contributed by atoms with Crippen molar-refractivity contribution >= 4 is 13.4 Å². The summed E-state index contributed by atoms with van der Waals surface area (Å²) < 4.78 is 26.7. The molecule has 0 bridgehead atoms. The van der Waals surface area contributed by atoms with Crippen LogP contribution in [-0.4, -0.2) is 55.3 Å². The molecule has 8 nitrogen and oxygen atoms in total. The van der Waals surface area contributed by atoms with E-state index < -0.39 is 20.0 Å². The number of hydrogen-bond acceptors (Lipinski definition) is 6. The van der Waals surface area contributed by atoms with Crippen LogP contribution in [0.4, 0.5) is 0 Å². The summed E-state index contributed by atoms with van der Waals surface area (Å²) in [6.07, 6.45) is 0.581. The summed E-state index contributed by atoms with van der Waals surface area (Å²) in [7, 11) is -1.13. The van der Waals surface area contributed by atoms with E-state index in [0.717, 1.165) is 11.1 Å². The monoisotopic (exact) mass is 451 g/mol. The lowest BCUT2D eigenvalue weighted by molar-refractivity contribution is 0.0926. The predicted molar refractivity (Wildman–Crippen MR) is 118 cm³/mol. The second kappa shape index (κ2) is 12.0. The molecule has 31 heavy (non-hydrogen) atoms. The van der Waals surface area contributed by atoms with Crippen LogP contribution in [0.15, 0.2) is 42.5 Å². The highest BCUT2D eigenvalue weighted by Crippen LogP contribution is 2.33. The van der Waals surface area contributed by atoms with Gasteiger partial charge in [0.05, 0.1) is 26.9 Å². The quantitative estimate of drug-likeness (QED) is 0.242. The Morgan fingerprint density at radius 1 is 1.10 bits per heavy atom. The summed E-state index contributed by atoms with van der Waals surface area (Å²) >= 11 is 0. The SMILES string of the molecule is COc1cc(C(=O)C(CCc2ccccc2)NCCOCP(=O)(O)O)cc(OC)c1C. The fourth-order valence-corrected chi connectivity index (χ4v) is 3.57. The summed E-state index contributed by atoms with van der Waals surface area (Å²) in [5, 5.41) is 3.15. The van der Waals surface area contributed by atoms with Gasteiger partial charge in [0, 0.05) is 17.7 Å². The van der Waals surface area contributed by atoms with E-state index in [4.69, 9.17) is 24.0 Å². The van der Waals surface area contributed by atoms with Gasteiger partial charge in [0.2, 0.25) is 0 Å². The van der Waals surface area contributed by atoms with Gasteiger partial charge in [-0.15, -0.1) is 0 Å². The lowest BCUT2D eigenvalue weighted by atomic mass is 9.96. The first-order valence-corrected chi connectivity index (χ1v) is 11.7. The molecule has 0 fully saturated rings. The molecule has 0 spiro atoms. The highest BCUT2D eigenvalue weighted by atomic mass is 31.2. The van der Waals surface area contributed by atoms with Crippen molar-refractivity contribution in [3.05, 3.63) is 59.2 Å². The minimum Gasteiger partial charge on any atom is -0.496 e. The van der Waals surface area contributed by atoms with E-state index in [2.05, 4.69) is 5.32 Å². The normalized spacial score (nSPS) is 12.4. The molecule has 0 saturated carbocycles. The van der Waals surface area contributed by atoms with Gasteiger partial charge in [-0.2, -0.15) is 0 Å². The zero-order valence-electron chi connectivity index (χ0n) is 18.0. The number of carbonyl (C=O) groups is 1. The predicted octanol–water partition coefficient (Wildman–Crippen LogP) is 2.94. The number of benzene rings is 2. The number of Topliss-reactive ketones (excluding diaryl/α,β-unsaturated/α-hetero) is 1. The van der Waals surface area contributed by atoms with Gasteiger partial charge < -0.3 is 29.3 Å². The van der Waals surface area contributed by atoms with Crippen molar-refractivity contribution in [3.8, 4) is 11.5 Å². The Balaban J connectivity index is 2.14. The maximum absolute atomic E-state index is 13.3. The zero-order valence-corrected chi connectivity index (χ0v) is 18.9. The number of methoxy groups -OCH3 is 2. The average Bonchev–Trinajstić information content (AvgIpc) is 2.75. The van der Waals surface area contributed by atoms with Crippen LogP contribution in [0.2, 0.25) is 0 Å². The Morgan fingerprint density at radius 3 is 2.26 bits per heavy atom. The molecule has 9 heteroatoms. The first-order chi connectivity index (χ1) is 14.7. The third-order valence-electron chi connectivity index (χ3n) is 4.81. The van der Waals surface area contributed by atoms with Crippen molar-refractivity contribution in [1.29, 1.82) is 0 Å². The van der Waals surface area contributed by atoms with E-state index >= 15 is 0 Å². The topological polar surface area (TPSA) is 114 Å². The lowest BCUT2D eigenvalue weighted by Crippen LogP contribution is -2.39. The van der Waals surface area contributed by atoms with Crippen LogP contribution in [-0.2, 0) is 15.7 Å². The van der Waals surface area contributed by atoms with E-state index in [1.165, 1.54) is 0 Å². The van der Waals surface area contributed by atoms with E-state index in [1.54, 1.807) is 26.4 Å². The van der Waals surface area contributed by atoms with Crippen LogP contribution in [0.3, 0.4) is 0 Å². The standard InChI is InChI=1S/C22H30NO7P/c1-16-20(28-2)13-18(14-21(16)29-3)22(24)19(10-9-17-7-5-4-6-8-17)23-11-12-30-15-31(25,26)27/h4-8,13-14,19,23H,9-12,15H2,1-3H3,(H2,25,26,27). The summed E-state index contributed by atoms with van der Waals surface area (Å²) in [5.41, 5.74) is 2.38. The minimum absolute atomic E-state index is 0.0702. The number of rotatable bonds is 13. The van der Waals surface area contributed by atoms with Crippen molar-refractivity contribution in [1.82, 2.24) is 5.32 Å². The second-order valence-electron chi connectivity index (χ2n) is 7.10. The van der Waals surface area contributed by atoms with Gasteiger partial charge in [-0.05, 0) is 37.5 Å². The van der Waals surface area contributed by atoms with Crippen LogP contribution in [0, 0.1) is 6.92 Å². The van der Waals surface area contributed by atoms with Crippen LogP contribution in [0.5, 0.6) is 11.5 Å². The van der Waals surface area contributed by atoms with Crippen molar-refractivity contribution in [2.24, 2.45) is 0 Å². The molecule has 0 aliphatic rings. The van der Waals surface area contributed by atoms with Gasteiger partial charge in [-0.1, -0.05) is 30.3 Å². The molecule has 2 aromatic rings. The lowest BCUT2D eigenvalue weighted by Gasteiger charge is -2.20. The average molecular weight is 451 g/mol. The maximum Gasteiger partial charge on any atom is 0.350 e. The molecule has 170 valence electrons. The van der Waals surface area contributed by atoms with Crippen molar-refractivity contribution in [3.63, 3.8) is 0 Å². The number of ketones is 1. The van der Waals surface area contributed by atoms with Crippen LogP contribution in [0.1, 0.15) is 27.9 Å². The summed E-state index contributed by atoms with van der Waals surface area (Å²) in [6, 6.07) is 12.7. The van der Waals surface area contributed by atoms with Gasteiger partial charge >= 0.3 is 7.60 Å². The molecule has 0 aliphatic carbocycles. The van der Waals surface area contributed by atoms with Crippen molar-refractivity contribution < 1.29 is 33.4 Å². The Kier molecular flexibility index (Phi) is 9.68. The molecule has 2 rings (SSSR count). The minimum atomic E-state index is -4.22. The Morgan fingerprint density at radius 2 is 1.71 bits per heavy atom. The summed E-state index contributed by atoms with van der Waals surface area (Å²) in [5.74, 6) is 1.01. The molecular weight excluding hydrogens is 421 g/mol.